The second-order valence-electron chi connectivity index (χ2n) is 7.00. The van der Waals surface area contributed by atoms with Crippen molar-refractivity contribution in [2.24, 2.45) is 0 Å². The molecule has 0 aliphatic rings. The maximum atomic E-state index is 13.7. The Morgan fingerprint density at radius 1 is 1.21 bits per heavy atom. The van der Waals surface area contributed by atoms with Crippen LogP contribution in [-0.4, -0.2) is 44.6 Å². The molecule has 0 saturated carbocycles. The van der Waals surface area contributed by atoms with E-state index in [4.69, 9.17) is 0 Å². The smallest absolute Gasteiger partial charge is 0.252 e. The van der Waals surface area contributed by atoms with Gasteiger partial charge in [-0.15, -0.1) is 0 Å². The molecule has 2 N–H and O–H groups in total. The first kappa shape index (κ1) is 20.9. The molecule has 1 aromatic carbocycles. The maximum Gasteiger partial charge on any atom is 0.252 e. The van der Waals surface area contributed by atoms with Crippen LogP contribution in [-0.2, 0) is 0 Å². The number of halogens is 1. The first-order valence-electron chi connectivity index (χ1n) is 9.57. The number of hydrogen-bond donors (Lipinski definition) is 2. The number of hydrogen-bond acceptors (Lipinski definition) is 6. The molecule has 0 saturated heterocycles. The van der Waals surface area contributed by atoms with Crippen LogP contribution < -0.4 is 10.5 Å². The Morgan fingerprint density at radius 2 is 1.97 bits per heavy atom. The summed E-state index contributed by atoms with van der Waals surface area (Å²) in [5, 5.41) is 19.7. The van der Waals surface area contributed by atoms with Crippen molar-refractivity contribution >= 4 is 17.0 Å². The summed E-state index contributed by atoms with van der Waals surface area (Å²) in [6.45, 7) is 5.24. The average Bonchev–Trinajstić information content (AvgIpc) is 2.70. The Kier molecular flexibility index (Phi) is 6.24. The number of rotatable bonds is 7. The summed E-state index contributed by atoms with van der Waals surface area (Å²) in [4.78, 5) is 23.2. The fourth-order valence-corrected chi connectivity index (χ4v) is 3.33. The minimum Gasteiger partial charge on any atom is -0.395 e. The number of aromatic nitrogens is 3. The molecule has 8 heteroatoms. The van der Waals surface area contributed by atoms with E-state index in [9.17, 15) is 19.4 Å². The third-order valence-electron chi connectivity index (χ3n) is 5.07. The molecule has 0 spiro atoms. The van der Waals surface area contributed by atoms with E-state index in [1.807, 2.05) is 13.8 Å². The van der Waals surface area contributed by atoms with E-state index in [0.717, 1.165) is 6.42 Å². The molecule has 0 aliphatic heterocycles. The zero-order valence-electron chi connectivity index (χ0n) is 16.8. The molecule has 154 valence electrons. The summed E-state index contributed by atoms with van der Waals surface area (Å²) >= 11 is 0. The standard InChI is InChI=1S/C21H25FN4O3/c1-4-14(3)26-18(29)8-7-17-19(16-6-5-15(22)11-13(16)2)23-21(24-20(17)26)25(12-28)9-10-27/h5-8,11,14,27-28H,4,9-10,12H2,1-3H3. The average molecular weight is 400 g/mol. The highest BCUT2D eigenvalue weighted by Crippen LogP contribution is 2.31. The molecule has 2 heterocycles. The molecule has 7 nitrogen and oxygen atoms in total. The van der Waals surface area contributed by atoms with Gasteiger partial charge in [-0.05, 0) is 50.1 Å². The van der Waals surface area contributed by atoms with E-state index >= 15 is 0 Å². The lowest BCUT2D eigenvalue weighted by Crippen LogP contribution is -2.30. The van der Waals surface area contributed by atoms with Crippen LogP contribution in [0.25, 0.3) is 22.3 Å². The fraction of sp³-hybridized carbons (Fsp3) is 0.381. The lowest BCUT2D eigenvalue weighted by Gasteiger charge is -2.22. The van der Waals surface area contributed by atoms with Crippen LogP contribution in [0.3, 0.4) is 0 Å². The van der Waals surface area contributed by atoms with Crippen LogP contribution in [0.1, 0.15) is 31.9 Å². The van der Waals surface area contributed by atoms with Gasteiger partial charge in [0.05, 0.1) is 12.3 Å². The highest BCUT2D eigenvalue weighted by Gasteiger charge is 2.20. The summed E-state index contributed by atoms with van der Waals surface area (Å²) in [5.74, 6) is -0.158. The maximum absolute atomic E-state index is 13.7. The summed E-state index contributed by atoms with van der Waals surface area (Å²) < 4.78 is 15.3. The second-order valence-corrected chi connectivity index (χ2v) is 7.00. The van der Waals surface area contributed by atoms with Gasteiger partial charge in [0.25, 0.3) is 5.56 Å². The highest BCUT2D eigenvalue weighted by atomic mass is 19.1. The van der Waals surface area contributed by atoms with Gasteiger partial charge in [-0.2, -0.15) is 4.98 Å². The van der Waals surface area contributed by atoms with Crippen molar-refractivity contribution in [3.63, 3.8) is 0 Å². The van der Waals surface area contributed by atoms with Crippen molar-refractivity contribution in [1.82, 2.24) is 14.5 Å². The lowest BCUT2D eigenvalue weighted by atomic mass is 10.0. The second kappa shape index (κ2) is 8.67. The summed E-state index contributed by atoms with van der Waals surface area (Å²) in [5.41, 5.74) is 2.19. The van der Waals surface area contributed by atoms with Gasteiger partial charge in [-0.3, -0.25) is 9.36 Å². The zero-order chi connectivity index (χ0) is 21.1. The van der Waals surface area contributed by atoms with Gasteiger partial charge in [0.2, 0.25) is 5.95 Å². The van der Waals surface area contributed by atoms with E-state index in [0.29, 0.717) is 27.9 Å². The number of benzene rings is 1. The number of pyridine rings is 1. The minimum atomic E-state index is -0.395. The predicted octanol–water partition coefficient (Wildman–Crippen LogP) is 2.63. The summed E-state index contributed by atoms with van der Waals surface area (Å²) in [7, 11) is 0. The van der Waals surface area contributed by atoms with Crippen LogP contribution in [0.4, 0.5) is 10.3 Å². The van der Waals surface area contributed by atoms with E-state index in [1.54, 1.807) is 23.6 Å². The highest BCUT2D eigenvalue weighted by molar-refractivity contribution is 5.92. The van der Waals surface area contributed by atoms with Gasteiger partial charge >= 0.3 is 0 Å². The largest absolute Gasteiger partial charge is 0.395 e. The summed E-state index contributed by atoms with van der Waals surface area (Å²) in [6.07, 6.45) is 0.726. The number of anilines is 1. The van der Waals surface area contributed by atoms with Gasteiger partial charge in [0, 0.05) is 29.6 Å². The molecule has 0 amide bonds. The molecule has 0 bridgehead atoms. The molecule has 0 aliphatic carbocycles. The summed E-state index contributed by atoms with van der Waals surface area (Å²) in [6, 6.07) is 7.48. The van der Waals surface area contributed by atoms with Crippen molar-refractivity contribution in [3.05, 3.63) is 52.1 Å². The van der Waals surface area contributed by atoms with Gasteiger partial charge in [-0.25, -0.2) is 9.37 Å². The Bertz CT molecular complexity index is 1080. The third kappa shape index (κ3) is 3.99. The van der Waals surface area contributed by atoms with Crippen LogP contribution in [0, 0.1) is 12.7 Å². The van der Waals surface area contributed by atoms with Crippen LogP contribution in [0.2, 0.25) is 0 Å². The van der Waals surface area contributed by atoms with Crippen molar-refractivity contribution in [2.45, 2.75) is 33.2 Å². The minimum absolute atomic E-state index is 0.100. The SMILES string of the molecule is CCC(C)n1c(=O)ccc2c(-c3ccc(F)cc3C)nc(N(CO)CCO)nc21. The van der Waals surface area contributed by atoms with Crippen LogP contribution in [0.15, 0.2) is 35.1 Å². The van der Waals surface area contributed by atoms with Gasteiger partial charge < -0.3 is 15.1 Å². The number of aryl methyl sites for hydroxylation is 1. The third-order valence-corrected chi connectivity index (χ3v) is 5.07. The quantitative estimate of drug-likeness (QED) is 0.593. The molecular weight excluding hydrogens is 375 g/mol. The van der Waals surface area contributed by atoms with Crippen molar-refractivity contribution < 1.29 is 14.6 Å². The topological polar surface area (TPSA) is 91.5 Å². The van der Waals surface area contributed by atoms with Gasteiger partial charge in [0.15, 0.2) is 0 Å². The molecular formula is C21H25FN4O3. The van der Waals surface area contributed by atoms with E-state index in [2.05, 4.69) is 9.97 Å². The Morgan fingerprint density at radius 3 is 2.59 bits per heavy atom. The molecule has 0 radical (unpaired) electrons. The first-order valence-corrected chi connectivity index (χ1v) is 9.57. The van der Waals surface area contributed by atoms with Crippen molar-refractivity contribution in [3.8, 4) is 11.3 Å². The molecule has 1 atom stereocenters. The predicted molar refractivity (Wildman–Crippen MR) is 110 cm³/mol. The van der Waals surface area contributed by atoms with Crippen molar-refractivity contribution in [2.75, 3.05) is 24.8 Å². The number of aliphatic hydroxyl groups excluding tert-OH is 2. The normalized spacial score (nSPS) is 12.3. The Balaban J connectivity index is 2.41. The van der Waals surface area contributed by atoms with E-state index < -0.39 is 6.73 Å². The monoisotopic (exact) mass is 400 g/mol. The van der Waals surface area contributed by atoms with Crippen molar-refractivity contribution in [1.29, 1.82) is 0 Å². The van der Waals surface area contributed by atoms with E-state index in [-0.39, 0.29) is 36.5 Å². The Labute approximate surface area is 168 Å². The fourth-order valence-electron chi connectivity index (χ4n) is 3.33. The number of aliphatic hydroxyl groups is 2. The zero-order valence-corrected chi connectivity index (χ0v) is 16.8. The van der Waals surface area contributed by atoms with Crippen LogP contribution in [0.5, 0.6) is 0 Å². The molecule has 3 rings (SSSR count). The lowest BCUT2D eigenvalue weighted by molar-refractivity contribution is 0.256. The first-order chi connectivity index (χ1) is 13.9. The van der Waals surface area contributed by atoms with Crippen LogP contribution >= 0.6 is 0 Å². The molecule has 1 unspecified atom stereocenters. The molecule has 29 heavy (non-hydrogen) atoms. The molecule has 3 aromatic rings. The number of nitrogens with zero attached hydrogens (tertiary/aromatic N) is 4. The number of fused-ring (bicyclic) bond motifs is 1. The molecule has 2 aromatic heterocycles. The Hall–Kier alpha value is -2.84. The van der Waals surface area contributed by atoms with E-state index in [1.165, 1.54) is 23.1 Å². The van der Waals surface area contributed by atoms with Gasteiger partial charge in [0.1, 0.15) is 18.2 Å². The van der Waals surface area contributed by atoms with Gasteiger partial charge in [-0.1, -0.05) is 6.92 Å². The molecule has 0 fully saturated rings.